The molecule has 1 aromatic rings. The predicted octanol–water partition coefficient (Wildman–Crippen LogP) is 0.778. The Balaban J connectivity index is 2.46. The van der Waals surface area contributed by atoms with Crippen molar-refractivity contribution in [3.05, 3.63) is 16.6 Å². The highest BCUT2D eigenvalue weighted by Gasteiger charge is 2.22. The number of carbonyl (C=O) groups is 1. The molecule has 0 saturated carbocycles. The van der Waals surface area contributed by atoms with Gasteiger partial charge < -0.3 is 9.88 Å². The van der Waals surface area contributed by atoms with E-state index in [1.165, 1.54) is 0 Å². The first kappa shape index (κ1) is 7.79. The van der Waals surface area contributed by atoms with Gasteiger partial charge in [-0.15, -0.1) is 0 Å². The van der Waals surface area contributed by atoms with Crippen molar-refractivity contribution in [1.82, 2.24) is 14.9 Å². The summed E-state index contributed by atoms with van der Waals surface area (Å²) in [5.74, 6) is 0.388. The lowest BCUT2D eigenvalue weighted by molar-refractivity contribution is 0.0899. The number of imidazole rings is 1. The van der Waals surface area contributed by atoms with E-state index in [1.54, 1.807) is 0 Å². The third kappa shape index (κ3) is 1.14. The topological polar surface area (TPSA) is 46.9 Å². The first-order valence-corrected chi connectivity index (χ1v) is 4.49. The summed E-state index contributed by atoms with van der Waals surface area (Å²) in [6.07, 6.45) is 1.82. The van der Waals surface area contributed by atoms with Crippen LogP contribution >= 0.6 is 15.9 Å². The summed E-state index contributed by atoms with van der Waals surface area (Å²) in [6.45, 7) is 2.76. The highest BCUT2D eigenvalue weighted by molar-refractivity contribution is 9.10. The Morgan fingerprint density at radius 2 is 2.58 bits per heavy atom. The number of hydrogen-bond donors (Lipinski definition) is 1. The molecule has 64 valence electrons. The highest BCUT2D eigenvalue weighted by Crippen LogP contribution is 2.13. The summed E-state index contributed by atoms with van der Waals surface area (Å²) in [4.78, 5) is 15.3. The van der Waals surface area contributed by atoms with Crippen LogP contribution in [0.25, 0.3) is 0 Å². The lowest BCUT2D eigenvalue weighted by Crippen LogP contribution is -2.42. The van der Waals surface area contributed by atoms with E-state index in [-0.39, 0.29) is 11.9 Å². The van der Waals surface area contributed by atoms with Gasteiger partial charge in [-0.3, -0.25) is 4.79 Å². The molecule has 0 radical (unpaired) electrons. The fraction of sp³-hybridized carbons (Fsp3) is 0.429. The van der Waals surface area contributed by atoms with Gasteiger partial charge in [-0.1, -0.05) is 0 Å². The lowest BCUT2D eigenvalue weighted by atomic mass is 10.2. The van der Waals surface area contributed by atoms with Crippen molar-refractivity contribution in [3.63, 3.8) is 0 Å². The molecule has 0 saturated heterocycles. The molecule has 2 heterocycles. The van der Waals surface area contributed by atoms with Crippen molar-refractivity contribution in [2.24, 2.45) is 0 Å². The number of nitrogens with zero attached hydrogens (tertiary/aromatic N) is 2. The Labute approximate surface area is 78.1 Å². The maximum atomic E-state index is 11.3. The van der Waals surface area contributed by atoms with Crippen LogP contribution in [0, 0.1) is 0 Å². The Bertz CT molecular complexity index is 333. The van der Waals surface area contributed by atoms with Gasteiger partial charge in [-0.05, 0) is 22.9 Å². The smallest absolute Gasteiger partial charge is 0.287 e. The van der Waals surface area contributed by atoms with E-state index in [2.05, 4.69) is 26.2 Å². The summed E-state index contributed by atoms with van der Waals surface area (Å²) in [7, 11) is 0. The predicted molar refractivity (Wildman–Crippen MR) is 46.9 cm³/mol. The van der Waals surface area contributed by atoms with Crippen LogP contribution < -0.4 is 5.32 Å². The zero-order valence-corrected chi connectivity index (χ0v) is 8.13. The molecule has 1 amide bonds. The number of halogens is 1. The van der Waals surface area contributed by atoms with Crippen LogP contribution in [0.2, 0.25) is 0 Å². The quantitative estimate of drug-likeness (QED) is 0.715. The summed E-state index contributed by atoms with van der Waals surface area (Å²) >= 11 is 3.23. The number of nitrogens with one attached hydrogen (secondary N) is 1. The minimum absolute atomic E-state index is 0.0977. The molecule has 1 N–H and O–H groups in total. The van der Waals surface area contributed by atoms with Crippen LogP contribution in [0.5, 0.6) is 0 Å². The van der Waals surface area contributed by atoms with Gasteiger partial charge in [-0.25, -0.2) is 4.98 Å². The number of rotatable bonds is 0. The first-order valence-electron chi connectivity index (χ1n) is 3.70. The maximum Gasteiger partial charge on any atom is 0.287 e. The Hall–Kier alpha value is -0.840. The van der Waals surface area contributed by atoms with E-state index in [4.69, 9.17) is 0 Å². The van der Waals surface area contributed by atoms with Crippen molar-refractivity contribution < 1.29 is 4.79 Å². The van der Waals surface area contributed by atoms with Crippen LogP contribution in [0.15, 0.2) is 10.8 Å². The van der Waals surface area contributed by atoms with Gasteiger partial charge in [0.15, 0.2) is 5.82 Å². The van der Waals surface area contributed by atoms with Crippen molar-refractivity contribution >= 4 is 21.8 Å². The molecule has 0 unspecified atom stereocenters. The zero-order chi connectivity index (χ0) is 8.72. The van der Waals surface area contributed by atoms with Crippen LogP contribution in [0.4, 0.5) is 0 Å². The van der Waals surface area contributed by atoms with Crippen LogP contribution in [-0.4, -0.2) is 21.5 Å². The largest absolute Gasteiger partial charge is 0.345 e. The third-order valence-electron chi connectivity index (χ3n) is 1.80. The third-order valence-corrected chi connectivity index (χ3v) is 2.18. The number of fused-ring (bicyclic) bond motifs is 1. The van der Waals surface area contributed by atoms with Crippen LogP contribution in [0.3, 0.4) is 0 Å². The molecule has 1 atom stereocenters. The zero-order valence-electron chi connectivity index (χ0n) is 6.54. The first-order chi connectivity index (χ1) is 5.66. The van der Waals surface area contributed by atoms with Crippen LogP contribution in [0.1, 0.15) is 17.5 Å². The molecule has 0 bridgehead atoms. The fourth-order valence-electron chi connectivity index (χ4n) is 1.33. The van der Waals surface area contributed by atoms with E-state index in [1.807, 2.05) is 17.7 Å². The molecule has 12 heavy (non-hydrogen) atoms. The standard InChI is InChI=1S/C7H8BrN3O/c1-4-2-11-3-5(8)10-6(11)7(12)9-4/h3-4H,2H2,1H3,(H,9,12)/t4-/m0/s1. The van der Waals surface area contributed by atoms with Crippen molar-refractivity contribution in [2.45, 2.75) is 19.5 Å². The monoisotopic (exact) mass is 229 g/mol. The number of amides is 1. The second-order valence-electron chi connectivity index (χ2n) is 2.91. The number of aromatic nitrogens is 2. The second kappa shape index (κ2) is 2.58. The molecular weight excluding hydrogens is 222 g/mol. The summed E-state index contributed by atoms with van der Waals surface area (Å²) in [5, 5.41) is 2.81. The summed E-state index contributed by atoms with van der Waals surface area (Å²) in [5.41, 5.74) is 0. The second-order valence-corrected chi connectivity index (χ2v) is 3.73. The van der Waals surface area contributed by atoms with Crippen molar-refractivity contribution in [3.8, 4) is 0 Å². The van der Waals surface area contributed by atoms with Gasteiger partial charge in [0, 0.05) is 18.8 Å². The average Bonchev–Trinajstić information content (AvgIpc) is 2.29. The molecule has 0 fully saturated rings. The highest BCUT2D eigenvalue weighted by atomic mass is 79.9. The molecule has 4 nitrogen and oxygen atoms in total. The summed E-state index contributed by atoms with van der Waals surface area (Å²) < 4.78 is 2.56. The molecule has 0 spiro atoms. The van der Waals surface area contributed by atoms with Gasteiger partial charge in [0.05, 0.1) is 0 Å². The Kier molecular flexibility index (Phi) is 1.68. The number of hydrogen-bond acceptors (Lipinski definition) is 2. The SMILES string of the molecule is C[C@H]1Cn2cc(Br)nc2C(=O)N1. The molecule has 2 rings (SSSR count). The van der Waals surface area contributed by atoms with E-state index in [0.29, 0.717) is 10.4 Å². The minimum Gasteiger partial charge on any atom is -0.345 e. The van der Waals surface area contributed by atoms with E-state index in [0.717, 1.165) is 6.54 Å². The Morgan fingerprint density at radius 3 is 3.33 bits per heavy atom. The van der Waals surface area contributed by atoms with Gasteiger partial charge in [0.1, 0.15) is 4.60 Å². The normalized spacial score (nSPS) is 21.8. The van der Waals surface area contributed by atoms with Crippen LogP contribution in [-0.2, 0) is 6.54 Å². The van der Waals surface area contributed by atoms with E-state index >= 15 is 0 Å². The lowest BCUT2D eigenvalue weighted by Gasteiger charge is -2.20. The van der Waals surface area contributed by atoms with Gasteiger partial charge in [0.25, 0.3) is 5.91 Å². The fourth-order valence-corrected chi connectivity index (χ4v) is 1.75. The molecule has 0 aliphatic carbocycles. The van der Waals surface area contributed by atoms with Crippen molar-refractivity contribution in [1.29, 1.82) is 0 Å². The molecule has 5 heteroatoms. The van der Waals surface area contributed by atoms with E-state index in [9.17, 15) is 4.79 Å². The molecule has 1 aliphatic rings. The molecular formula is C7H8BrN3O. The molecule has 0 aromatic carbocycles. The average molecular weight is 230 g/mol. The van der Waals surface area contributed by atoms with Gasteiger partial charge in [0.2, 0.25) is 0 Å². The number of carbonyl (C=O) groups excluding carboxylic acids is 1. The minimum atomic E-state index is -0.0977. The van der Waals surface area contributed by atoms with Gasteiger partial charge in [-0.2, -0.15) is 0 Å². The maximum absolute atomic E-state index is 11.3. The van der Waals surface area contributed by atoms with Crippen molar-refractivity contribution in [2.75, 3.05) is 0 Å². The van der Waals surface area contributed by atoms with Gasteiger partial charge >= 0.3 is 0 Å². The summed E-state index contributed by atoms with van der Waals surface area (Å²) in [6, 6.07) is 0.186. The van der Waals surface area contributed by atoms with E-state index < -0.39 is 0 Å². The molecule has 1 aromatic heterocycles. The Morgan fingerprint density at radius 1 is 1.83 bits per heavy atom. The molecule has 1 aliphatic heterocycles.